The van der Waals surface area contributed by atoms with Crippen molar-refractivity contribution in [2.45, 2.75) is 45.8 Å². The first kappa shape index (κ1) is 21.5. The van der Waals surface area contributed by atoms with Gasteiger partial charge in [0.05, 0.1) is 24.0 Å². The molecule has 1 aliphatic heterocycles. The number of hydrogen-bond acceptors (Lipinski definition) is 7. The second-order valence-electron chi connectivity index (χ2n) is 7.23. The number of nitrogens with one attached hydrogen (secondary N) is 1. The standard InChI is InChI=1S/C21H23FN2O6/c1-4-29-19-16(17(25)18(19)26)23-13-8-5-7-12(15(13)22)20(27)24-10-6-9-14(24)21(28)30-11(2)3/h5,7-8,11,14,23H,4,6,9-10H2,1-3H3. The van der Waals surface area contributed by atoms with E-state index >= 15 is 4.39 Å². The number of nitrogens with zero attached hydrogens (tertiary/aromatic N) is 1. The lowest BCUT2D eigenvalue weighted by Crippen LogP contribution is -2.42. The van der Waals surface area contributed by atoms with E-state index in [0.717, 1.165) is 0 Å². The van der Waals surface area contributed by atoms with E-state index in [9.17, 15) is 19.2 Å². The number of anilines is 2. The molecular weight excluding hydrogens is 395 g/mol. The molecule has 1 unspecified atom stereocenters. The van der Waals surface area contributed by atoms with Crippen LogP contribution < -0.4 is 20.9 Å². The van der Waals surface area contributed by atoms with Crippen LogP contribution in [0, 0.1) is 5.82 Å². The number of benzene rings is 1. The summed E-state index contributed by atoms with van der Waals surface area (Å²) in [7, 11) is 0. The normalized spacial score (nSPS) is 16.2. The lowest BCUT2D eigenvalue weighted by molar-refractivity contribution is -0.151. The number of likely N-dealkylation sites (tertiary alicyclic amines) is 1. The van der Waals surface area contributed by atoms with Gasteiger partial charge in [0.25, 0.3) is 16.8 Å². The van der Waals surface area contributed by atoms with Crippen molar-refractivity contribution in [1.29, 1.82) is 0 Å². The van der Waals surface area contributed by atoms with Crippen LogP contribution in [0.4, 0.5) is 15.8 Å². The monoisotopic (exact) mass is 418 g/mol. The minimum atomic E-state index is -0.888. The highest BCUT2D eigenvalue weighted by molar-refractivity contribution is 5.98. The van der Waals surface area contributed by atoms with Crippen LogP contribution in [0.1, 0.15) is 44.0 Å². The molecule has 1 N–H and O–H groups in total. The molecule has 0 radical (unpaired) electrons. The average Bonchev–Trinajstić information content (AvgIpc) is 3.20. The molecular formula is C21H23FN2O6. The maximum Gasteiger partial charge on any atom is 0.329 e. The van der Waals surface area contributed by atoms with Gasteiger partial charge in [-0.1, -0.05) is 6.07 Å². The highest BCUT2D eigenvalue weighted by atomic mass is 19.1. The van der Waals surface area contributed by atoms with Crippen molar-refractivity contribution in [3.63, 3.8) is 0 Å². The van der Waals surface area contributed by atoms with E-state index in [2.05, 4.69) is 5.32 Å². The first-order valence-electron chi connectivity index (χ1n) is 9.79. The number of ether oxygens (including phenoxy) is 2. The van der Waals surface area contributed by atoms with Gasteiger partial charge in [0, 0.05) is 6.54 Å². The largest absolute Gasteiger partial charge is 0.488 e. The van der Waals surface area contributed by atoms with E-state index in [-0.39, 0.29) is 35.4 Å². The number of esters is 1. The third-order valence-corrected chi connectivity index (χ3v) is 4.78. The Hall–Kier alpha value is -3.23. The van der Waals surface area contributed by atoms with E-state index in [1.807, 2.05) is 0 Å². The molecule has 0 spiro atoms. The molecule has 1 atom stereocenters. The molecule has 0 saturated carbocycles. The lowest BCUT2D eigenvalue weighted by atomic mass is 10.1. The molecule has 1 aliphatic rings. The third-order valence-electron chi connectivity index (χ3n) is 4.78. The highest BCUT2D eigenvalue weighted by Gasteiger charge is 2.37. The molecule has 1 fully saturated rings. The Balaban J connectivity index is 1.85. The molecule has 0 aromatic heterocycles. The summed E-state index contributed by atoms with van der Waals surface area (Å²) in [5, 5.41) is 2.55. The van der Waals surface area contributed by atoms with Crippen LogP contribution in [0.5, 0.6) is 5.75 Å². The molecule has 0 bridgehead atoms. The second kappa shape index (κ2) is 8.64. The smallest absolute Gasteiger partial charge is 0.329 e. The number of halogens is 1. The van der Waals surface area contributed by atoms with Gasteiger partial charge >= 0.3 is 5.97 Å². The molecule has 9 heteroatoms. The van der Waals surface area contributed by atoms with Crippen molar-refractivity contribution in [1.82, 2.24) is 4.90 Å². The molecule has 1 amide bonds. The topological polar surface area (TPSA) is 102 Å². The lowest BCUT2D eigenvalue weighted by Gasteiger charge is -2.24. The molecule has 0 aliphatic carbocycles. The van der Waals surface area contributed by atoms with Crippen molar-refractivity contribution in [3.05, 3.63) is 50.0 Å². The van der Waals surface area contributed by atoms with Crippen molar-refractivity contribution >= 4 is 23.3 Å². The summed E-state index contributed by atoms with van der Waals surface area (Å²) in [5.41, 5.74) is -2.14. The molecule has 1 saturated heterocycles. The van der Waals surface area contributed by atoms with Crippen LogP contribution in [0.25, 0.3) is 0 Å². The van der Waals surface area contributed by atoms with E-state index in [4.69, 9.17) is 9.47 Å². The van der Waals surface area contributed by atoms with Gasteiger partial charge in [0.2, 0.25) is 0 Å². The zero-order valence-corrected chi connectivity index (χ0v) is 17.0. The van der Waals surface area contributed by atoms with Crippen LogP contribution in [0.3, 0.4) is 0 Å². The summed E-state index contributed by atoms with van der Waals surface area (Å²) in [6.45, 7) is 5.55. The van der Waals surface area contributed by atoms with Gasteiger partial charge in [-0.3, -0.25) is 14.4 Å². The van der Waals surface area contributed by atoms with Crippen LogP contribution in [0.2, 0.25) is 0 Å². The van der Waals surface area contributed by atoms with Crippen molar-refractivity contribution in [3.8, 4) is 5.75 Å². The first-order chi connectivity index (χ1) is 14.3. The van der Waals surface area contributed by atoms with Gasteiger partial charge in [-0.2, -0.15) is 0 Å². The molecule has 160 valence electrons. The predicted molar refractivity (Wildman–Crippen MR) is 107 cm³/mol. The van der Waals surface area contributed by atoms with Crippen LogP contribution >= 0.6 is 0 Å². The molecule has 2 aromatic rings. The maximum atomic E-state index is 15.1. The molecule has 3 rings (SSSR count). The summed E-state index contributed by atoms with van der Waals surface area (Å²) in [6.07, 6.45) is 0.720. The van der Waals surface area contributed by atoms with Crippen molar-refractivity contribution in [2.75, 3.05) is 18.5 Å². The summed E-state index contributed by atoms with van der Waals surface area (Å²) < 4.78 is 25.4. The fourth-order valence-corrected chi connectivity index (χ4v) is 3.42. The second-order valence-corrected chi connectivity index (χ2v) is 7.23. The Morgan fingerprint density at radius 1 is 1.27 bits per heavy atom. The highest BCUT2D eigenvalue weighted by Crippen LogP contribution is 2.28. The minimum Gasteiger partial charge on any atom is -0.488 e. The minimum absolute atomic E-state index is 0.144. The van der Waals surface area contributed by atoms with Gasteiger partial charge in [0.1, 0.15) is 11.7 Å². The molecule has 1 heterocycles. The Kier molecular flexibility index (Phi) is 6.19. The van der Waals surface area contributed by atoms with Gasteiger partial charge in [-0.25, -0.2) is 9.18 Å². The zero-order chi connectivity index (χ0) is 22.0. The van der Waals surface area contributed by atoms with E-state index in [0.29, 0.717) is 19.4 Å². The van der Waals surface area contributed by atoms with Crippen molar-refractivity contribution in [2.24, 2.45) is 0 Å². The quantitative estimate of drug-likeness (QED) is 0.543. The summed E-state index contributed by atoms with van der Waals surface area (Å²) >= 11 is 0. The van der Waals surface area contributed by atoms with Gasteiger partial charge in [0.15, 0.2) is 11.6 Å². The Bertz CT molecular complexity index is 1040. The predicted octanol–water partition coefficient (Wildman–Crippen LogP) is 2.12. The van der Waals surface area contributed by atoms with Crippen LogP contribution in [-0.4, -0.2) is 42.1 Å². The van der Waals surface area contributed by atoms with Gasteiger partial charge in [-0.05, 0) is 45.7 Å². The average molecular weight is 418 g/mol. The Morgan fingerprint density at radius 3 is 2.67 bits per heavy atom. The fraction of sp³-hybridized carbons (Fsp3) is 0.429. The van der Waals surface area contributed by atoms with Gasteiger partial charge < -0.3 is 19.7 Å². The van der Waals surface area contributed by atoms with E-state index < -0.39 is 34.6 Å². The number of carbonyl (C=O) groups excluding carboxylic acids is 2. The fourth-order valence-electron chi connectivity index (χ4n) is 3.42. The van der Waals surface area contributed by atoms with E-state index in [1.54, 1.807) is 20.8 Å². The number of hydrogen-bond donors (Lipinski definition) is 1. The molecule has 8 nitrogen and oxygen atoms in total. The van der Waals surface area contributed by atoms with E-state index in [1.165, 1.54) is 23.1 Å². The van der Waals surface area contributed by atoms with Crippen molar-refractivity contribution < 1.29 is 23.5 Å². The third kappa shape index (κ3) is 3.92. The molecule has 30 heavy (non-hydrogen) atoms. The SMILES string of the molecule is CCOc1c(Nc2cccc(C(=O)N3CCCC3C(=O)OC(C)C)c2F)c(=O)c1=O. The first-order valence-corrected chi connectivity index (χ1v) is 9.79. The molecule has 2 aromatic carbocycles. The van der Waals surface area contributed by atoms with Crippen LogP contribution in [-0.2, 0) is 9.53 Å². The summed E-state index contributed by atoms with van der Waals surface area (Å²) in [6, 6.07) is 3.32. The zero-order valence-electron chi connectivity index (χ0n) is 17.0. The number of rotatable bonds is 7. The maximum absolute atomic E-state index is 15.1. The summed E-state index contributed by atoms with van der Waals surface area (Å²) in [4.78, 5) is 50.0. The Labute approximate surface area is 172 Å². The summed E-state index contributed by atoms with van der Waals surface area (Å²) in [5.74, 6) is -2.21. The number of carbonyl (C=O) groups is 2. The number of amides is 1. The van der Waals surface area contributed by atoms with Gasteiger partial charge in [-0.15, -0.1) is 0 Å². The van der Waals surface area contributed by atoms with Crippen LogP contribution in [0.15, 0.2) is 27.8 Å². The Morgan fingerprint density at radius 2 is 2.00 bits per heavy atom.